The van der Waals surface area contributed by atoms with E-state index in [1.54, 1.807) is 0 Å². The average molecular weight is 225 g/mol. The Kier molecular flexibility index (Phi) is 11.0. The van der Waals surface area contributed by atoms with Crippen LogP contribution in [0, 0.1) is 0 Å². The van der Waals surface area contributed by atoms with Crippen molar-refractivity contribution < 1.29 is 0 Å². The van der Waals surface area contributed by atoms with Crippen LogP contribution in [0.3, 0.4) is 0 Å². The van der Waals surface area contributed by atoms with Gasteiger partial charge in [-0.1, -0.05) is 51.7 Å². The third kappa shape index (κ3) is 7.92. The summed E-state index contributed by atoms with van der Waals surface area (Å²) in [5.41, 5.74) is 0. The molecule has 0 amide bonds. The van der Waals surface area contributed by atoms with Gasteiger partial charge in [-0.2, -0.15) is 0 Å². The first-order chi connectivity index (χ1) is 7.76. The highest BCUT2D eigenvalue weighted by atomic mass is 15.1. The van der Waals surface area contributed by atoms with Crippen LogP contribution in [0.1, 0.15) is 66.2 Å². The van der Waals surface area contributed by atoms with Gasteiger partial charge >= 0.3 is 0 Å². The van der Waals surface area contributed by atoms with Crippen molar-refractivity contribution >= 4 is 0 Å². The molecule has 0 aromatic carbocycles. The summed E-state index contributed by atoms with van der Waals surface area (Å²) in [5.74, 6) is 0. The zero-order chi connectivity index (χ0) is 12.2. The summed E-state index contributed by atoms with van der Waals surface area (Å²) in [7, 11) is 0. The molecule has 0 heterocycles. The number of unbranched alkanes of at least 4 members (excludes halogenated alkanes) is 4. The van der Waals surface area contributed by atoms with Crippen molar-refractivity contribution in [1.82, 2.24) is 4.90 Å². The van der Waals surface area contributed by atoms with E-state index in [0.29, 0.717) is 6.04 Å². The Morgan fingerprint density at radius 3 is 1.81 bits per heavy atom. The van der Waals surface area contributed by atoms with Crippen LogP contribution < -0.4 is 0 Å². The fraction of sp³-hybridized carbons (Fsp3) is 0.867. The second-order valence-electron chi connectivity index (χ2n) is 4.72. The maximum absolute atomic E-state index is 2.63. The van der Waals surface area contributed by atoms with E-state index in [2.05, 4.69) is 44.7 Å². The van der Waals surface area contributed by atoms with E-state index in [1.807, 2.05) is 0 Å². The maximum Gasteiger partial charge on any atom is 0.0249 e. The van der Waals surface area contributed by atoms with Crippen molar-refractivity contribution in [3.8, 4) is 0 Å². The van der Waals surface area contributed by atoms with E-state index in [1.165, 1.54) is 51.6 Å². The van der Waals surface area contributed by atoms with Gasteiger partial charge in [0.1, 0.15) is 0 Å². The fourth-order valence-electron chi connectivity index (χ4n) is 2.05. The van der Waals surface area contributed by atoms with Gasteiger partial charge in [-0.05, 0) is 39.8 Å². The number of nitrogens with zero attached hydrogens (tertiary/aromatic N) is 1. The first kappa shape index (κ1) is 15.7. The Morgan fingerprint density at radius 1 is 0.938 bits per heavy atom. The van der Waals surface area contributed by atoms with Crippen molar-refractivity contribution in [3.05, 3.63) is 12.2 Å². The molecule has 1 atom stereocenters. The zero-order valence-electron chi connectivity index (χ0n) is 11.8. The van der Waals surface area contributed by atoms with E-state index < -0.39 is 0 Å². The van der Waals surface area contributed by atoms with E-state index >= 15 is 0 Å². The summed E-state index contributed by atoms with van der Waals surface area (Å²) >= 11 is 0. The predicted molar refractivity (Wildman–Crippen MR) is 74.9 cm³/mol. The van der Waals surface area contributed by atoms with Crippen molar-refractivity contribution in [2.45, 2.75) is 72.3 Å². The Balaban J connectivity index is 3.93. The Morgan fingerprint density at radius 2 is 1.44 bits per heavy atom. The summed E-state index contributed by atoms with van der Waals surface area (Å²) < 4.78 is 0. The topological polar surface area (TPSA) is 3.24 Å². The van der Waals surface area contributed by atoms with Crippen molar-refractivity contribution in [2.24, 2.45) is 0 Å². The lowest BCUT2D eigenvalue weighted by Gasteiger charge is -2.27. The molecular weight excluding hydrogens is 194 g/mol. The van der Waals surface area contributed by atoms with Crippen molar-refractivity contribution in [2.75, 3.05) is 13.1 Å². The van der Waals surface area contributed by atoms with Crippen LogP contribution >= 0.6 is 0 Å². The van der Waals surface area contributed by atoms with E-state index in [0.717, 1.165) is 0 Å². The maximum atomic E-state index is 2.63. The molecule has 16 heavy (non-hydrogen) atoms. The smallest absolute Gasteiger partial charge is 0.0249 e. The highest BCUT2D eigenvalue weighted by molar-refractivity contribution is 4.89. The van der Waals surface area contributed by atoms with Crippen LogP contribution in [-0.4, -0.2) is 24.0 Å². The molecule has 1 heteroatoms. The monoisotopic (exact) mass is 225 g/mol. The van der Waals surface area contributed by atoms with Crippen LogP contribution in [0.15, 0.2) is 12.2 Å². The van der Waals surface area contributed by atoms with Crippen LogP contribution in [0.5, 0.6) is 0 Å². The molecule has 0 aliphatic heterocycles. The largest absolute Gasteiger partial charge is 0.297 e. The van der Waals surface area contributed by atoms with E-state index in [-0.39, 0.29) is 0 Å². The molecule has 0 fully saturated rings. The minimum atomic E-state index is 0.610. The Labute approximate surface area is 103 Å². The van der Waals surface area contributed by atoms with E-state index in [4.69, 9.17) is 0 Å². The lowest BCUT2D eigenvalue weighted by Crippen LogP contribution is -2.33. The molecule has 0 bridgehead atoms. The molecule has 96 valence electrons. The molecule has 0 saturated carbocycles. The second-order valence-corrected chi connectivity index (χ2v) is 4.72. The third-order valence-electron chi connectivity index (χ3n) is 3.14. The van der Waals surface area contributed by atoms with Gasteiger partial charge in [0.25, 0.3) is 0 Å². The molecule has 0 aliphatic rings. The molecule has 1 nitrogen and oxygen atoms in total. The quantitative estimate of drug-likeness (QED) is 0.387. The summed E-state index contributed by atoms with van der Waals surface area (Å²) in [6.45, 7) is 11.5. The number of rotatable bonds is 10. The van der Waals surface area contributed by atoms with E-state index in [9.17, 15) is 0 Å². The normalized spacial score (nSPS) is 13.8. The molecule has 0 aliphatic carbocycles. The van der Waals surface area contributed by atoms with Crippen LogP contribution in [0.2, 0.25) is 0 Å². The molecule has 0 saturated heterocycles. The molecule has 0 rings (SSSR count). The minimum absolute atomic E-state index is 0.610. The number of hydrogen-bond donors (Lipinski definition) is 0. The number of hydrogen-bond acceptors (Lipinski definition) is 1. The van der Waals surface area contributed by atoms with Gasteiger partial charge < -0.3 is 0 Å². The van der Waals surface area contributed by atoms with Gasteiger partial charge in [-0.15, -0.1) is 0 Å². The molecule has 0 N–H and O–H groups in total. The second kappa shape index (κ2) is 11.2. The summed E-state index contributed by atoms with van der Waals surface area (Å²) in [4.78, 5) is 2.63. The average Bonchev–Trinajstić information content (AvgIpc) is 2.28. The van der Waals surface area contributed by atoms with Gasteiger partial charge in [0.15, 0.2) is 0 Å². The molecular formula is C15H31N. The first-order valence-corrected chi connectivity index (χ1v) is 7.13. The molecule has 0 spiro atoms. The first-order valence-electron chi connectivity index (χ1n) is 7.13. The van der Waals surface area contributed by atoms with Gasteiger partial charge in [0, 0.05) is 6.04 Å². The van der Waals surface area contributed by atoms with Crippen LogP contribution in [-0.2, 0) is 0 Å². The van der Waals surface area contributed by atoms with Gasteiger partial charge in [-0.3, -0.25) is 4.90 Å². The minimum Gasteiger partial charge on any atom is -0.297 e. The lowest BCUT2D eigenvalue weighted by molar-refractivity contribution is 0.231. The van der Waals surface area contributed by atoms with Gasteiger partial charge in [-0.25, -0.2) is 0 Å². The summed E-state index contributed by atoms with van der Waals surface area (Å²) in [6, 6.07) is 0.610. The fourth-order valence-corrected chi connectivity index (χ4v) is 2.05. The Bertz CT molecular complexity index is 153. The number of allylic oxidation sites excluding steroid dienone is 1. The molecule has 0 aromatic heterocycles. The lowest BCUT2D eigenvalue weighted by atomic mass is 10.1. The highest BCUT2D eigenvalue weighted by Crippen LogP contribution is 2.08. The summed E-state index contributed by atoms with van der Waals surface area (Å²) in [5, 5.41) is 0. The van der Waals surface area contributed by atoms with Gasteiger partial charge in [0.2, 0.25) is 0 Å². The molecule has 1 unspecified atom stereocenters. The highest BCUT2D eigenvalue weighted by Gasteiger charge is 2.09. The van der Waals surface area contributed by atoms with Crippen LogP contribution in [0.4, 0.5) is 0 Å². The van der Waals surface area contributed by atoms with Gasteiger partial charge in [0.05, 0.1) is 0 Å². The SMILES string of the molecule is CC=CC(C)N(CCCCC)CCCCC. The predicted octanol–water partition coefficient (Wildman–Crippen LogP) is 4.63. The molecule has 0 radical (unpaired) electrons. The molecule has 0 aromatic rings. The summed E-state index contributed by atoms with van der Waals surface area (Å²) in [6.07, 6.45) is 12.6. The Hall–Kier alpha value is -0.300. The van der Waals surface area contributed by atoms with Crippen LogP contribution in [0.25, 0.3) is 0 Å². The zero-order valence-corrected chi connectivity index (χ0v) is 11.8. The van der Waals surface area contributed by atoms with Crippen molar-refractivity contribution in [1.29, 1.82) is 0 Å². The third-order valence-corrected chi connectivity index (χ3v) is 3.14. The van der Waals surface area contributed by atoms with Crippen molar-refractivity contribution in [3.63, 3.8) is 0 Å². The standard InChI is InChI=1S/C15H31N/c1-5-8-10-13-16(14-11-9-6-2)15(4)12-7-3/h7,12,15H,5-6,8-11,13-14H2,1-4H3.